The van der Waals surface area contributed by atoms with E-state index in [0.29, 0.717) is 12.0 Å². The maximum Gasteiger partial charge on any atom is 0.0616 e. The lowest BCUT2D eigenvalue weighted by molar-refractivity contribution is 0.0654. The zero-order valence-electron chi connectivity index (χ0n) is 13.4. The van der Waals surface area contributed by atoms with E-state index in [0.717, 1.165) is 32.0 Å². The SMILES string of the molecule is CC(C)NC1(CO)CCCC1CCOCCC1CCC1. The molecule has 3 nitrogen and oxygen atoms in total. The van der Waals surface area contributed by atoms with Gasteiger partial charge in [-0.1, -0.05) is 39.5 Å². The molecule has 2 aliphatic rings. The highest BCUT2D eigenvalue weighted by Gasteiger charge is 2.42. The standard InChI is InChI=1S/C17H33NO2/c1-14(2)18-17(13-19)10-4-7-16(17)9-12-20-11-8-15-5-3-6-15/h14-16,18-19H,3-13H2,1-2H3. The summed E-state index contributed by atoms with van der Waals surface area (Å²) in [7, 11) is 0. The number of aliphatic hydroxyl groups is 1. The lowest BCUT2D eigenvalue weighted by atomic mass is 9.83. The minimum absolute atomic E-state index is 0.0501. The summed E-state index contributed by atoms with van der Waals surface area (Å²) in [5.41, 5.74) is -0.0501. The van der Waals surface area contributed by atoms with Crippen LogP contribution in [0.25, 0.3) is 0 Å². The Bertz CT molecular complexity index is 278. The Labute approximate surface area is 124 Å². The van der Waals surface area contributed by atoms with Crippen molar-refractivity contribution in [1.82, 2.24) is 5.32 Å². The van der Waals surface area contributed by atoms with Crippen molar-refractivity contribution >= 4 is 0 Å². The second kappa shape index (κ2) is 7.77. The van der Waals surface area contributed by atoms with Crippen LogP contribution < -0.4 is 5.32 Å². The smallest absolute Gasteiger partial charge is 0.0616 e. The van der Waals surface area contributed by atoms with E-state index in [1.807, 2.05) is 0 Å². The Kier molecular flexibility index (Phi) is 6.31. The number of nitrogens with one attached hydrogen (secondary N) is 1. The van der Waals surface area contributed by atoms with Gasteiger partial charge in [0.05, 0.1) is 6.61 Å². The number of rotatable bonds is 9. The predicted octanol–water partition coefficient (Wildman–Crippen LogP) is 3.11. The number of hydrogen-bond acceptors (Lipinski definition) is 3. The van der Waals surface area contributed by atoms with Crippen LogP contribution in [0.1, 0.15) is 65.2 Å². The monoisotopic (exact) mass is 283 g/mol. The second-order valence-corrected chi connectivity index (χ2v) is 7.19. The van der Waals surface area contributed by atoms with Crippen LogP contribution in [0.4, 0.5) is 0 Å². The normalized spacial score (nSPS) is 30.9. The highest BCUT2D eigenvalue weighted by Crippen LogP contribution is 2.38. The highest BCUT2D eigenvalue weighted by molar-refractivity contribution is 4.99. The van der Waals surface area contributed by atoms with E-state index in [2.05, 4.69) is 19.2 Å². The topological polar surface area (TPSA) is 41.5 Å². The second-order valence-electron chi connectivity index (χ2n) is 7.19. The molecule has 0 saturated heterocycles. The zero-order chi connectivity index (χ0) is 14.4. The summed E-state index contributed by atoms with van der Waals surface area (Å²) in [5.74, 6) is 1.51. The molecule has 3 heteroatoms. The molecule has 20 heavy (non-hydrogen) atoms. The average molecular weight is 283 g/mol. The fourth-order valence-corrected chi connectivity index (χ4v) is 3.94. The predicted molar refractivity (Wildman–Crippen MR) is 82.8 cm³/mol. The van der Waals surface area contributed by atoms with Gasteiger partial charge in [0.2, 0.25) is 0 Å². The third kappa shape index (κ3) is 4.19. The van der Waals surface area contributed by atoms with E-state index in [1.165, 1.54) is 38.5 Å². The third-order valence-corrected chi connectivity index (χ3v) is 5.32. The molecule has 0 radical (unpaired) electrons. The maximum absolute atomic E-state index is 9.85. The van der Waals surface area contributed by atoms with Crippen molar-refractivity contribution in [3.63, 3.8) is 0 Å². The molecule has 0 aromatic carbocycles. The highest BCUT2D eigenvalue weighted by atomic mass is 16.5. The molecule has 0 bridgehead atoms. The van der Waals surface area contributed by atoms with E-state index in [1.54, 1.807) is 0 Å². The molecule has 2 rings (SSSR count). The quantitative estimate of drug-likeness (QED) is 0.639. The van der Waals surface area contributed by atoms with Gasteiger partial charge in [0.15, 0.2) is 0 Å². The first kappa shape index (κ1) is 16.3. The van der Waals surface area contributed by atoms with Crippen LogP contribution in [0.5, 0.6) is 0 Å². The van der Waals surface area contributed by atoms with Gasteiger partial charge < -0.3 is 15.2 Å². The molecule has 2 saturated carbocycles. The molecule has 2 atom stereocenters. The van der Waals surface area contributed by atoms with Crippen LogP contribution >= 0.6 is 0 Å². The first-order chi connectivity index (χ1) is 9.66. The average Bonchev–Trinajstić information content (AvgIpc) is 2.74. The van der Waals surface area contributed by atoms with Crippen LogP contribution in [0, 0.1) is 11.8 Å². The largest absolute Gasteiger partial charge is 0.394 e. The van der Waals surface area contributed by atoms with Gasteiger partial charge >= 0.3 is 0 Å². The summed E-state index contributed by atoms with van der Waals surface area (Å²) in [6.07, 6.45) is 10.2. The van der Waals surface area contributed by atoms with E-state index in [-0.39, 0.29) is 12.1 Å². The Balaban J connectivity index is 1.67. The van der Waals surface area contributed by atoms with E-state index in [4.69, 9.17) is 4.74 Å². The van der Waals surface area contributed by atoms with Crippen molar-refractivity contribution in [3.05, 3.63) is 0 Å². The molecule has 2 fully saturated rings. The number of aliphatic hydroxyl groups excluding tert-OH is 1. The van der Waals surface area contributed by atoms with Crippen molar-refractivity contribution in [2.75, 3.05) is 19.8 Å². The Morgan fingerprint density at radius 2 is 1.90 bits per heavy atom. The Morgan fingerprint density at radius 1 is 1.15 bits per heavy atom. The molecule has 2 N–H and O–H groups in total. The van der Waals surface area contributed by atoms with Crippen LogP contribution in [-0.4, -0.2) is 36.5 Å². The maximum atomic E-state index is 9.85. The lowest BCUT2D eigenvalue weighted by Gasteiger charge is -2.37. The molecule has 2 unspecified atom stereocenters. The van der Waals surface area contributed by atoms with Crippen LogP contribution in [0.2, 0.25) is 0 Å². The van der Waals surface area contributed by atoms with Crippen molar-refractivity contribution in [2.24, 2.45) is 11.8 Å². The minimum atomic E-state index is -0.0501. The van der Waals surface area contributed by atoms with Gasteiger partial charge in [-0.15, -0.1) is 0 Å². The van der Waals surface area contributed by atoms with Crippen molar-refractivity contribution in [3.8, 4) is 0 Å². The van der Waals surface area contributed by atoms with Gasteiger partial charge in [0.1, 0.15) is 0 Å². The Hall–Kier alpha value is -0.120. The molecule has 0 heterocycles. The minimum Gasteiger partial charge on any atom is -0.394 e. The first-order valence-corrected chi connectivity index (χ1v) is 8.62. The van der Waals surface area contributed by atoms with Gasteiger partial charge in [0.25, 0.3) is 0 Å². The van der Waals surface area contributed by atoms with Crippen LogP contribution in [0.3, 0.4) is 0 Å². The van der Waals surface area contributed by atoms with Gasteiger partial charge in [-0.25, -0.2) is 0 Å². The summed E-state index contributed by atoms with van der Waals surface area (Å²) in [5, 5.41) is 13.5. The molecule has 0 aliphatic heterocycles. The number of ether oxygens (including phenoxy) is 1. The summed E-state index contributed by atoms with van der Waals surface area (Å²) >= 11 is 0. The summed E-state index contributed by atoms with van der Waals surface area (Å²) in [4.78, 5) is 0. The molecule has 0 aromatic heterocycles. The third-order valence-electron chi connectivity index (χ3n) is 5.32. The summed E-state index contributed by atoms with van der Waals surface area (Å²) < 4.78 is 5.84. The van der Waals surface area contributed by atoms with Gasteiger partial charge in [0, 0.05) is 24.8 Å². The van der Waals surface area contributed by atoms with Crippen LogP contribution in [-0.2, 0) is 4.74 Å². The fraction of sp³-hybridized carbons (Fsp3) is 1.00. The molecule has 2 aliphatic carbocycles. The summed E-state index contributed by atoms with van der Waals surface area (Å²) in [6.45, 7) is 6.39. The molecular weight excluding hydrogens is 250 g/mol. The molecular formula is C17H33NO2. The molecule has 0 aromatic rings. The van der Waals surface area contributed by atoms with Crippen LogP contribution in [0.15, 0.2) is 0 Å². The van der Waals surface area contributed by atoms with Gasteiger partial charge in [-0.05, 0) is 37.5 Å². The molecule has 0 amide bonds. The van der Waals surface area contributed by atoms with E-state index >= 15 is 0 Å². The van der Waals surface area contributed by atoms with Gasteiger partial charge in [-0.3, -0.25) is 0 Å². The molecule has 118 valence electrons. The Morgan fingerprint density at radius 3 is 2.50 bits per heavy atom. The van der Waals surface area contributed by atoms with Crippen molar-refractivity contribution < 1.29 is 9.84 Å². The van der Waals surface area contributed by atoms with Crippen molar-refractivity contribution in [1.29, 1.82) is 0 Å². The van der Waals surface area contributed by atoms with E-state index in [9.17, 15) is 5.11 Å². The molecule has 0 spiro atoms. The van der Waals surface area contributed by atoms with E-state index < -0.39 is 0 Å². The summed E-state index contributed by atoms with van der Waals surface area (Å²) in [6, 6.07) is 0.433. The fourth-order valence-electron chi connectivity index (χ4n) is 3.94. The van der Waals surface area contributed by atoms with Crippen molar-refractivity contribution in [2.45, 2.75) is 76.8 Å². The van der Waals surface area contributed by atoms with Gasteiger partial charge in [-0.2, -0.15) is 0 Å². The lowest BCUT2D eigenvalue weighted by Crippen LogP contribution is -2.54. The number of hydrogen-bond donors (Lipinski definition) is 2. The first-order valence-electron chi connectivity index (χ1n) is 8.62. The zero-order valence-corrected chi connectivity index (χ0v) is 13.4.